The van der Waals surface area contributed by atoms with Crippen molar-refractivity contribution in [2.24, 2.45) is 5.92 Å². The van der Waals surface area contributed by atoms with Gasteiger partial charge >= 0.3 is 5.97 Å². The highest BCUT2D eigenvalue weighted by atomic mass is 16.6. The van der Waals surface area contributed by atoms with E-state index in [0.29, 0.717) is 38.2 Å². The molecule has 0 saturated carbocycles. The summed E-state index contributed by atoms with van der Waals surface area (Å²) in [5, 5.41) is 0. The van der Waals surface area contributed by atoms with Crippen LogP contribution < -0.4 is 9.47 Å². The number of esters is 1. The molecular formula is C36H59NO5. The second-order valence-electron chi connectivity index (χ2n) is 12.6. The van der Waals surface area contributed by atoms with Gasteiger partial charge in [0, 0.05) is 31.7 Å². The lowest BCUT2D eigenvalue weighted by Gasteiger charge is -2.31. The summed E-state index contributed by atoms with van der Waals surface area (Å²) in [4.78, 5) is 29.0. The molecule has 1 saturated heterocycles. The van der Waals surface area contributed by atoms with Gasteiger partial charge in [-0.15, -0.1) is 0 Å². The first kappa shape index (κ1) is 34.4. The molecule has 0 radical (unpaired) electrons. The van der Waals surface area contributed by atoms with Crippen molar-refractivity contribution in [1.29, 1.82) is 0 Å². The molecule has 238 valence electrons. The van der Waals surface area contributed by atoms with Crippen LogP contribution in [0.3, 0.4) is 0 Å². The van der Waals surface area contributed by atoms with Gasteiger partial charge in [-0.1, -0.05) is 97.0 Å². The monoisotopic (exact) mass is 585 g/mol. The number of carbonyl (C=O) groups is 2. The Kier molecular flexibility index (Phi) is 17.0. The maximum atomic E-state index is 13.3. The first-order valence-electron chi connectivity index (χ1n) is 17.4. The van der Waals surface area contributed by atoms with E-state index in [1.165, 1.54) is 77.0 Å². The zero-order valence-corrected chi connectivity index (χ0v) is 26.8. The molecule has 0 amide bonds. The van der Waals surface area contributed by atoms with Crippen molar-refractivity contribution in [3.63, 3.8) is 0 Å². The smallest absolute Gasteiger partial charge is 0.306 e. The lowest BCUT2D eigenvalue weighted by Crippen LogP contribution is -2.33. The van der Waals surface area contributed by atoms with Crippen molar-refractivity contribution in [2.45, 2.75) is 142 Å². The standard InChI is InChI=1S/C36H59NO5/c1-3-5-7-9-10-11-12-14-16-20-35(39)42-36(30-21-22-33-34(28-30)41-26-25-40-33)31(29-37-23-17-18-24-37)27-32(38)19-15-13-8-6-4-2/h21-22,28,31,36H,3-20,23-27,29H2,1-2H3/t31-,36-/m1/s1. The summed E-state index contributed by atoms with van der Waals surface area (Å²) >= 11 is 0. The highest BCUT2D eigenvalue weighted by Gasteiger charge is 2.32. The normalized spacial score (nSPS) is 16.3. The second-order valence-corrected chi connectivity index (χ2v) is 12.6. The molecule has 0 bridgehead atoms. The molecule has 6 nitrogen and oxygen atoms in total. The number of fused-ring (bicyclic) bond motifs is 1. The number of carbonyl (C=O) groups excluding carboxylic acids is 2. The fourth-order valence-electron chi connectivity index (χ4n) is 6.34. The van der Waals surface area contributed by atoms with Crippen molar-refractivity contribution in [3.05, 3.63) is 23.8 Å². The molecule has 2 heterocycles. The van der Waals surface area contributed by atoms with Crippen LogP contribution in [0.2, 0.25) is 0 Å². The van der Waals surface area contributed by atoms with E-state index in [0.717, 1.165) is 56.6 Å². The number of ketones is 1. The third-order valence-corrected chi connectivity index (χ3v) is 8.81. The number of ether oxygens (including phenoxy) is 3. The number of benzene rings is 1. The van der Waals surface area contributed by atoms with Gasteiger partial charge in [-0.25, -0.2) is 0 Å². The van der Waals surface area contributed by atoms with Crippen LogP contribution in [0.4, 0.5) is 0 Å². The van der Waals surface area contributed by atoms with Crippen molar-refractivity contribution < 1.29 is 23.8 Å². The summed E-state index contributed by atoms with van der Waals surface area (Å²) in [5.74, 6) is 1.47. The Morgan fingerprint density at radius 2 is 1.33 bits per heavy atom. The maximum Gasteiger partial charge on any atom is 0.306 e. The van der Waals surface area contributed by atoms with Gasteiger partial charge in [0.25, 0.3) is 0 Å². The molecule has 42 heavy (non-hydrogen) atoms. The second kappa shape index (κ2) is 20.8. The molecule has 2 atom stereocenters. The minimum atomic E-state index is -0.475. The van der Waals surface area contributed by atoms with Crippen LogP contribution in [0.5, 0.6) is 11.5 Å². The van der Waals surface area contributed by atoms with Crippen molar-refractivity contribution in [2.75, 3.05) is 32.8 Å². The van der Waals surface area contributed by atoms with E-state index in [4.69, 9.17) is 14.2 Å². The summed E-state index contributed by atoms with van der Waals surface area (Å²) in [6.45, 7) is 8.36. The van der Waals surface area contributed by atoms with Gasteiger partial charge < -0.3 is 19.1 Å². The number of Topliss-reactive ketones (excluding diaryl/α,β-unsaturated/α-hetero) is 1. The number of likely N-dealkylation sites (tertiary alicyclic amines) is 1. The van der Waals surface area contributed by atoms with Crippen LogP contribution in [-0.2, 0) is 14.3 Å². The summed E-state index contributed by atoms with van der Waals surface area (Å²) in [5.41, 5.74) is 0.902. The van der Waals surface area contributed by atoms with Gasteiger partial charge in [0.15, 0.2) is 11.5 Å². The fraction of sp³-hybridized carbons (Fsp3) is 0.778. The van der Waals surface area contributed by atoms with E-state index in [9.17, 15) is 9.59 Å². The number of hydrogen-bond acceptors (Lipinski definition) is 6. The number of rotatable bonds is 23. The molecule has 3 rings (SSSR count). The molecule has 1 aromatic carbocycles. The van der Waals surface area contributed by atoms with E-state index in [1.54, 1.807) is 0 Å². The lowest BCUT2D eigenvalue weighted by molar-refractivity contribution is -0.154. The fourth-order valence-corrected chi connectivity index (χ4v) is 6.34. The lowest BCUT2D eigenvalue weighted by atomic mass is 9.88. The van der Waals surface area contributed by atoms with Gasteiger partial charge in [0.2, 0.25) is 0 Å². The van der Waals surface area contributed by atoms with Gasteiger partial charge in [0.1, 0.15) is 25.1 Å². The number of nitrogens with zero attached hydrogens (tertiary/aromatic N) is 1. The van der Waals surface area contributed by atoms with Crippen LogP contribution in [0.15, 0.2) is 18.2 Å². The molecular weight excluding hydrogens is 526 g/mol. The van der Waals surface area contributed by atoms with Crippen LogP contribution in [-0.4, -0.2) is 49.5 Å². The molecule has 2 aliphatic heterocycles. The zero-order valence-electron chi connectivity index (χ0n) is 26.8. The van der Waals surface area contributed by atoms with Crippen LogP contribution in [0.1, 0.15) is 148 Å². The Labute approximate surface area is 256 Å². The molecule has 0 N–H and O–H groups in total. The predicted molar refractivity (Wildman–Crippen MR) is 170 cm³/mol. The van der Waals surface area contributed by atoms with Gasteiger partial charge in [-0.05, 0) is 56.5 Å². The average molecular weight is 586 g/mol. The van der Waals surface area contributed by atoms with E-state index < -0.39 is 6.10 Å². The highest BCUT2D eigenvalue weighted by molar-refractivity contribution is 5.78. The van der Waals surface area contributed by atoms with E-state index in [1.807, 2.05) is 18.2 Å². The number of unbranched alkanes of at least 4 members (excludes halogenated alkanes) is 12. The Bertz CT molecular complexity index is 897. The molecule has 0 aromatic heterocycles. The largest absolute Gasteiger partial charge is 0.486 e. The molecule has 6 heteroatoms. The molecule has 0 unspecified atom stereocenters. The molecule has 2 aliphatic rings. The van der Waals surface area contributed by atoms with Crippen LogP contribution in [0, 0.1) is 5.92 Å². The van der Waals surface area contributed by atoms with Gasteiger partial charge in [-0.3, -0.25) is 9.59 Å². The Morgan fingerprint density at radius 3 is 1.98 bits per heavy atom. The number of hydrogen-bond donors (Lipinski definition) is 0. The molecule has 1 fully saturated rings. The summed E-state index contributed by atoms with van der Waals surface area (Å²) in [7, 11) is 0. The maximum absolute atomic E-state index is 13.3. The van der Waals surface area contributed by atoms with Gasteiger partial charge in [-0.2, -0.15) is 0 Å². The Hall–Kier alpha value is -2.08. The van der Waals surface area contributed by atoms with E-state index >= 15 is 0 Å². The molecule has 1 aromatic rings. The van der Waals surface area contributed by atoms with Crippen LogP contribution in [0.25, 0.3) is 0 Å². The predicted octanol–water partition coefficient (Wildman–Crippen LogP) is 8.99. The van der Waals surface area contributed by atoms with Gasteiger partial charge in [0.05, 0.1) is 0 Å². The van der Waals surface area contributed by atoms with E-state index in [-0.39, 0.29) is 17.7 Å². The minimum Gasteiger partial charge on any atom is -0.486 e. The first-order valence-corrected chi connectivity index (χ1v) is 17.4. The van der Waals surface area contributed by atoms with E-state index in [2.05, 4.69) is 18.7 Å². The third kappa shape index (κ3) is 13.1. The SMILES string of the molecule is CCCCCCCCCCCC(=O)O[C@H](c1ccc2c(c1)OCCO2)[C@H](CC(=O)CCCCCCC)CN1CCCC1. The molecule has 0 spiro atoms. The summed E-state index contributed by atoms with van der Waals surface area (Å²) < 4.78 is 18.0. The minimum absolute atomic E-state index is 0.0825. The third-order valence-electron chi connectivity index (χ3n) is 8.81. The average Bonchev–Trinajstić information content (AvgIpc) is 3.51. The summed E-state index contributed by atoms with van der Waals surface area (Å²) in [6.07, 6.45) is 20.0. The Balaban J connectivity index is 1.64. The highest BCUT2D eigenvalue weighted by Crippen LogP contribution is 2.38. The first-order chi connectivity index (χ1) is 20.6. The quantitative estimate of drug-likeness (QED) is 0.0943. The van der Waals surface area contributed by atoms with Crippen LogP contribution >= 0.6 is 0 Å². The summed E-state index contributed by atoms with van der Waals surface area (Å²) in [6, 6.07) is 5.89. The van der Waals surface area contributed by atoms with Crippen molar-refractivity contribution >= 4 is 11.8 Å². The van der Waals surface area contributed by atoms with Crippen molar-refractivity contribution in [3.8, 4) is 11.5 Å². The zero-order chi connectivity index (χ0) is 29.8. The molecule has 0 aliphatic carbocycles. The Morgan fingerprint density at radius 1 is 0.762 bits per heavy atom. The topological polar surface area (TPSA) is 65.1 Å². The van der Waals surface area contributed by atoms with Crippen molar-refractivity contribution in [1.82, 2.24) is 4.90 Å².